The molecule has 0 unspecified atom stereocenters. The highest BCUT2D eigenvalue weighted by Crippen LogP contribution is 2.26. The molecule has 0 aliphatic rings. The number of carbonyl (C=O) groups is 1. The molecule has 0 saturated carbocycles. The van der Waals surface area contributed by atoms with Crippen molar-refractivity contribution in [3.63, 3.8) is 0 Å². The van der Waals surface area contributed by atoms with Crippen molar-refractivity contribution in [2.75, 3.05) is 12.4 Å². The van der Waals surface area contributed by atoms with Crippen molar-refractivity contribution in [2.45, 2.75) is 12.5 Å². The van der Waals surface area contributed by atoms with Gasteiger partial charge in [0.2, 0.25) is 5.91 Å². The van der Waals surface area contributed by atoms with Crippen molar-refractivity contribution < 1.29 is 13.9 Å². The normalized spacial score (nSPS) is 11.8. The van der Waals surface area contributed by atoms with Gasteiger partial charge in [0, 0.05) is 12.4 Å². The molecule has 2 aromatic carbocycles. The number of rotatable bonds is 6. The monoisotopic (exact) mass is 338 g/mol. The number of nitrogens with one attached hydrogen (secondary N) is 1. The number of ether oxygens (including phenoxy) is 1. The Morgan fingerprint density at radius 2 is 1.88 bits per heavy atom. The Morgan fingerprint density at radius 1 is 1.12 bits per heavy atom. The van der Waals surface area contributed by atoms with Crippen LogP contribution in [0.3, 0.4) is 0 Å². The topological polar surface area (TPSA) is 43.3 Å². The molecule has 0 aliphatic carbocycles. The third-order valence-corrected chi connectivity index (χ3v) is 3.98. The molecule has 0 fully saturated rings. The minimum absolute atomic E-state index is 0.174. The second-order valence-corrected chi connectivity index (χ2v) is 5.65. The van der Waals surface area contributed by atoms with Gasteiger partial charge in [0.05, 0.1) is 25.3 Å². The first-order valence-corrected chi connectivity index (χ1v) is 7.98. The minimum Gasteiger partial charge on any atom is -0.495 e. The molecule has 0 radical (unpaired) electrons. The van der Waals surface area contributed by atoms with Crippen molar-refractivity contribution in [1.29, 1.82) is 0 Å². The number of nitrogens with zero attached hydrogens (tertiary/aromatic N) is 1. The molecule has 128 valence electrons. The maximum absolute atomic E-state index is 13.6. The number of hydrogen-bond acceptors (Lipinski definition) is 2. The van der Waals surface area contributed by atoms with Crippen LogP contribution in [0.25, 0.3) is 0 Å². The van der Waals surface area contributed by atoms with E-state index in [2.05, 4.69) is 5.32 Å². The molecule has 0 saturated heterocycles. The predicted octanol–water partition coefficient (Wildman–Crippen LogP) is 4.25. The van der Waals surface area contributed by atoms with Gasteiger partial charge >= 0.3 is 0 Å². The number of anilines is 1. The number of aromatic nitrogens is 1. The molecule has 3 aromatic rings. The summed E-state index contributed by atoms with van der Waals surface area (Å²) in [6.45, 7) is 0. The SMILES string of the molecule is COc1ccccc1NC(=O)C[C@H](c1cccc(F)c1)n1cccc1. The van der Waals surface area contributed by atoms with E-state index < -0.39 is 0 Å². The second kappa shape index (κ2) is 7.66. The quantitative estimate of drug-likeness (QED) is 0.730. The smallest absolute Gasteiger partial charge is 0.226 e. The summed E-state index contributed by atoms with van der Waals surface area (Å²) in [6.07, 6.45) is 3.91. The number of carbonyl (C=O) groups excluding carboxylic acids is 1. The van der Waals surface area contributed by atoms with E-state index >= 15 is 0 Å². The van der Waals surface area contributed by atoms with E-state index in [-0.39, 0.29) is 24.2 Å². The number of methoxy groups -OCH3 is 1. The number of halogens is 1. The van der Waals surface area contributed by atoms with Crippen LogP contribution in [-0.2, 0) is 4.79 Å². The van der Waals surface area contributed by atoms with Gasteiger partial charge in [0.1, 0.15) is 11.6 Å². The third-order valence-electron chi connectivity index (χ3n) is 3.98. The molecule has 1 aromatic heterocycles. The lowest BCUT2D eigenvalue weighted by Gasteiger charge is -2.20. The Morgan fingerprint density at radius 3 is 2.60 bits per heavy atom. The lowest BCUT2D eigenvalue weighted by Crippen LogP contribution is -2.20. The highest BCUT2D eigenvalue weighted by Gasteiger charge is 2.18. The van der Waals surface area contributed by atoms with Crippen LogP contribution in [0.15, 0.2) is 73.1 Å². The zero-order chi connectivity index (χ0) is 17.6. The van der Waals surface area contributed by atoms with E-state index in [0.717, 1.165) is 5.56 Å². The average Bonchev–Trinajstić information content (AvgIpc) is 3.14. The third kappa shape index (κ3) is 4.07. The molecule has 1 N–H and O–H groups in total. The van der Waals surface area contributed by atoms with Crippen LogP contribution in [0.2, 0.25) is 0 Å². The lowest BCUT2D eigenvalue weighted by molar-refractivity contribution is -0.116. The first-order chi connectivity index (χ1) is 12.2. The van der Waals surface area contributed by atoms with E-state index in [0.29, 0.717) is 11.4 Å². The van der Waals surface area contributed by atoms with Crippen molar-refractivity contribution in [3.8, 4) is 5.75 Å². The molecule has 0 aliphatic heterocycles. The summed E-state index contributed by atoms with van der Waals surface area (Å²) in [7, 11) is 1.56. The van der Waals surface area contributed by atoms with Gasteiger partial charge in [-0.3, -0.25) is 4.79 Å². The second-order valence-electron chi connectivity index (χ2n) is 5.65. The summed E-state index contributed by atoms with van der Waals surface area (Å²) in [5, 5.41) is 2.87. The van der Waals surface area contributed by atoms with Crippen molar-refractivity contribution >= 4 is 11.6 Å². The van der Waals surface area contributed by atoms with Crippen LogP contribution in [0, 0.1) is 5.82 Å². The lowest BCUT2D eigenvalue weighted by atomic mass is 10.0. The average molecular weight is 338 g/mol. The largest absolute Gasteiger partial charge is 0.495 e. The van der Waals surface area contributed by atoms with Gasteiger partial charge in [-0.15, -0.1) is 0 Å². The number of amides is 1. The summed E-state index contributed by atoms with van der Waals surface area (Å²) in [5.41, 5.74) is 1.35. The Balaban J connectivity index is 1.82. The van der Waals surface area contributed by atoms with Crippen molar-refractivity contribution in [2.24, 2.45) is 0 Å². The summed E-state index contributed by atoms with van der Waals surface area (Å²) in [5.74, 6) is 0.103. The van der Waals surface area contributed by atoms with E-state index in [1.807, 2.05) is 47.3 Å². The van der Waals surface area contributed by atoms with Gasteiger partial charge < -0.3 is 14.6 Å². The molecule has 4 nitrogen and oxygen atoms in total. The first-order valence-electron chi connectivity index (χ1n) is 7.98. The Kier molecular flexibility index (Phi) is 5.14. The molecule has 1 amide bonds. The predicted molar refractivity (Wildman–Crippen MR) is 95.2 cm³/mol. The summed E-state index contributed by atoms with van der Waals surface area (Å²) >= 11 is 0. The zero-order valence-corrected chi connectivity index (χ0v) is 13.9. The van der Waals surface area contributed by atoms with Crippen LogP contribution in [-0.4, -0.2) is 17.6 Å². The molecule has 0 spiro atoms. The Bertz CT molecular complexity index is 846. The molecule has 0 bridgehead atoms. The minimum atomic E-state index is -0.320. The molecular formula is C20H19FN2O2. The van der Waals surface area contributed by atoms with Crippen LogP contribution in [0.4, 0.5) is 10.1 Å². The number of hydrogen-bond donors (Lipinski definition) is 1. The Labute approximate surface area is 145 Å². The molecule has 5 heteroatoms. The van der Waals surface area contributed by atoms with Crippen LogP contribution in [0.5, 0.6) is 5.75 Å². The van der Waals surface area contributed by atoms with Gasteiger partial charge in [0.25, 0.3) is 0 Å². The van der Waals surface area contributed by atoms with Gasteiger partial charge in [-0.1, -0.05) is 24.3 Å². The molecule has 3 rings (SSSR count). The fourth-order valence-electron chi connectivity index (χ4n) is 2.79. The summed E-state index contributed by atoms with van der Waals surface area (Å²) in [6, 6.07) is 17.0. The van der Waals surface area contributed by atoms with E-state index in [4.69, 9.17) is 4.74 Å². The standard InChI is InChI=1S/C20H19FN2O2/c1-25-19-10-3-2-9-17(19)22-20(24)14-18(23-11-4-5-12-23)15-7-6-8-16(21)13-15/h2-13,18H,14H2,1H3,(H,22,24)/t18-/m1/s1. The fraction of sp³-hybridized carbons (Fsp3) is 0.150. The van der Waals surface area contributed by atoms with Crippen LogP contribution >= 0.6 is 0 Å². The van der Waals surface area contributed by atoms with Crippen LogP contribution < -0.4 is 10.1 Å². The van der Waals surface area contributed by atoms with Crippen molar-refractivity contribution in [3.05, 3.63) is 84.4 Å². The zero-order valence-electron chi connectivity index (χ0n) is 13.9. The van der Waals surface area contributed by atoms with Gasteiger partial charge in [-0.05, 0) is 42.0 Å². The molecule has 1 atom stereocenters. The molecule has 25 heavy (non-hydrogen) atoms. The van der Waals surface area contributed by atoms with Crippen LogP contribution in [0.1, 0.15) is 18.0 Å². The van der Waals surface area contributed by atoms with E-state index in [1.165, 1.54) is 12.1 Å². The maximum atomic E-state index is 13.6. The highest BCUT2D eigenvalue weighted by molar-refractivity contribution is 5.92. The highest BCUT2D eigenvalue weighted by atomic mass is 19.1. The van der Waals surface area contributed by atoms with E-state index in [9.17, 15) is 9.18 Å². The number of benzene rings is 2. The number of para-hydroxylation sites is 2. The molecule has 1 heterocycles. The first kappa shape index (κ1) is 16.8. The summed E-state index contributed by atoms with van der Waals surface area (Å²) in [4.78, 5) is 12.6. The maximum Gasteiger partial charge on any atom is 0.226 e. The van der Waals surface area contributed by atoms with E-state index in [1.54, 1.807) is 25.3 Å². The van der Waals surface area contributed by atoms with Crippen molar-refractivity contribution in [1.82, 2.24) is 4.57 Å². The fourth-order valence-corrected chi connectivity index (χ4v) is 2.79. The van der Waals surface area contributed by atoms with Gasteiger partial charge in [-0.2, -0.15) is 0 Å². The Hall–Kier alpha value is -3.08. The summed E-state index contributed by atoms with van der Waals surface area (Å²) < 4.78 is 20.8. The molecular weight excluding hydrogens is 319 g/mol. The van der Waals surface area contributed by atoms with Gasteiger partial charge in [-0.25, -0.2) is 4.39 Å². The van der Waals surface area contributed by atoms with Gasteiger partial charge in [0.15, 0.2) is 0 Å².